The number of hydrogen-bond acceptors (Lipinski definition) is 6. The van der Waals surface area contributed by atoms with Crippen LogP contribution in [0.1, 0.15) is 52.0 Å². The number of halogens is 1. The number of esters is 1. The minimum absolute atomic E-state index is 0.142. The summed E-state index contributed by atoms with van der Waals surface area (Å²) < 4.78 is 12.3. The van der Waals surface area contributed by atoms with Crippen molar-refractivity contribution in [3.8, 4) is 0 Å². The normalized spacial score (nSPS) is 29.4. The molecular weight excluding hydrogens is 532 g/mol. The number of benzene rings is 1. The zero-order valence-electron chi connectivity index (χ0n) is 23.9. The standard InChI is InChI=1S/C31H41ClN2O6/c1-7-9-16-39-29(38)24-23-27(36)34(21(18-35)17-19(3)4)26(31(23)14-13-30(24,6)40-31)28(37)33(15-8-2)25-20(5)11-10-12-22(25)32/h7-8,10-12,19,21,23-24,26,35H,1-2,9,13-18H2,3-6H3/t21-,23+,24-,26?,30+,31?/m1/s1. The Balaban J connectivity index is 1.85. The van der Waals surface area contributed by atoms with Crippen LogP contribution in [0.5, 0.6) is 0 Å². The summed E-state index contributed by atoms with van der Waals surface area (Å²) >= 11 is 6.62. The average molecular weight is 573 g/mol. The van der Waals surface area contributed by atoms with Gasteiger partial charge >= 0.3 is 5.97 Å². The maximum Gasteiger partial charge on any atom is 0.312 e. The molecule has 3 fully saturated rings. The van der Waals surface area contributed by atoms with Crippen molar-refractivity contribution in [3.63, 3.8) is 0 Å². The molecule has 0 saturated carbocycles. The highest BCUT2D eigenvalue weighted by Crippen LogP contribution is 2.64. The Bertz CT molecular complexity index is 1170. The number of para-hydroxylation sites is 1. The first kappa shape index (κ1) is 30.3. The molecule has 40 heavy (non-hydrogen) atoms. The first-order valence-electron chi connectivity index (χ1n) is 14.1. The molecule has 1 N–H and O–H groups in total. The van der Waals surface area contributed by atoms with Gasteiger partial charge < -0.3 is 24.4 Å². The molecule has 3 saturated heterocycles. The average Bonchev–Trinajstić information content (AvgIpc) is 3.47. The summed E-state index contributed by atoms with van der Waals surface area (Å²) in [7, 11) is 0. The molecule has 0 radical (unpaired) electrons. The van der Waals surface area contributed by atoms with Crippen molar-refractivity contribution >= 4 is 35.1 Å². The van der Waals surface area contributed by atoms with Gasteiger partial charge in [-0.25, -0.2) is 0 Å². The number of aliphatic hydroxyl groups excluding tert-OH is 1. The van der Waals surface area contributed by atoms with Crippen LogP contribution in [-0.2, 0) is 23.9 Å². The van der Waals surface area contributed by atoms with Gasteiger partial charge in [0.15, 0.2) is 0 Å². The number of nitrogens with zero attached hydrogens (tertiary/aromatic N) is 2. The second kappa shape index (κ2) is 11.7. The summed E-state index contributed by atoms with van der Waals surface area (Å²) in [6, 6.07) is 3.70. The molecular formula is C31H41ClN2O6. The van der Waals surface area contributed by atoms with Gasteiger partial charge in [0.05, 0.1) is 41.5 Å². The first-order chi connectivity index (χ1) is 19.0. The van der Waals surface area contributed by atoms with E-state index in [0.717, 1.165) is 5.56 Å². The van der Waals surface area contributed by atoms with Crippen LogP contribution in [0.2, 0.25) is 5.02 Å². The van der Waals surface area contributed by atoms with Crippen LogP contribution < -0.4 is 4.90 Å². The van der Waals surface area contributed by atoms with Crippen LogP contribution >= 0.6 is 11.6 Å². The predicted molar refractivity (Wildman–Crippen MR) is 154 cm³/mol. The Morgan fingerprint density at radius 3 is 2.62 bits per heavy atom. The predicted octanol–water partition coefficient (Wildman–Crippen LogP) is 4.46. The highest BCUT2D eigenvalue weighted by molar-refractivity contribution is 6.34. The molecule has 218 valence electrons. The van der Waals surface area contributed by atoms with Gasteiger partial charge in [0, 0.05) is 6.54 Å². The largest absolute Gasteiger partial charge is 0.465 e. The lowest BCUT2D eigenvalue weighted by Gasteiger charge is -2.40. The van der Waals surface area contributed by atoms with Crippen molar-refractivity contribution in [1.29, 1.82) is 0 Å². The fraction of sp³-hybridized carbons (Fsp3) is 0.581. The summed E-state index contributed by atoms with van der Waals surface area (Å²) in [4.78, 5) is 45.7. The van der Waals surface area contributed by atoms with E-state index in [-0.39, 0.29) is 37.5 Å². The van der Waals surface area contributed by atoms with E-state index in [1.54, 1.807) is 23.1 Å². The molecule has 0 aromatic heterocycles. The third-order valence-electron chi connectivity index (χ3n) is 8.65. The number of rotatable bonds is 12. The van der Waals surface area contributed by atoms with Crippen LogP contribution in [0, 0.1) is 24.7 Å². The number of likely N-dealkylation sites (tertiary alicyclic amines) is 1. The highest BCUT2D eigenvalue weighted by atomic mass is 35.5. The molecule has 2 bridgehead atoms. The minimum atomic E-state index is -1.25. The van der Waals surface area contributed by atoms with E-state index in [0.29, 0.717) is 36.4 Å². The minimum Gasteiger partial charge on any atom is -0.465 e. The molecule has 8 nitrogen and oxygen atoms in total. The Morgan fingerprint density at radius 2 is 2.02 bits per heavy atom. The van der Waals surface area contributed by atoms with Gasteiger partial charge in [0.2, 0.25) is 5.91 Å². The van der Waals surface area contributed by atoms with Crippen molar-refractivity contribution < 1.29 is 29.0 Å². The molecule has 4 rings (SSSR count). The number of aryl methyl sites for hydroxylation is 1. The van der Waals surface area contributed by atoms with Crippen LogP contribution in [-0.4, -0.2) is 70.8 Å². The van der Waals surface area contributed by atoms with Crippen LogP contribution in [0.15, 0.2) is 43.5 Å². The van der Waals surface area contributed by atoms with Gasteiger partial charge in [0.1, 0.15) is 17.6 Å². The van der Waals surface area contributed by atoms with Crippen molar-refractivity contribution in [1.82, 2.24) is 4.90 Å². The lowest BCUT2D eigenvalue weighted by Crippen LogP contribution is -2.59. The number of amides is 2. The quantitative estimate of drug-likeness (QED) is 0.226. The lowest BCUT2D eigenvalue weighted by molar-refractivity contribution is -0.160. The molecule has 1 spiro atoms. The van der Waals surface area contributed by atoms with Crippen molar-refractivity contribution in [2.24, 2.45) is 17.8 Å². The van der Waals surface area contributed by atoms with Gasteiger partial charge in [0.25, 0.3) is 5.91 Å². The molecule has 2 unspecified atom stereocenters. The van der Waals surface area contributed by atoms with E-state index >= 15 is 0 Å². The summed E-state index contributed by atoms with van der Waals surface area (Å²) in [5, 5.41) is 10.9. The summed E-state index contributed by atoms with van der Waals surface area (Å²) in [5.41, 5.74) is -0.873. The number of aliphatic hydroxyl groups is 1. The third-order valence-corrected chi connectivity index (χ3v) is 8.96. The summed E-state index contributed by atoms with van der Waals surface area (Å²) in [6.07, 6.45) is 5.16. The Morgan fingerprint density at radius 1 is 1.30 bits per heavy atom. The molecule has 6 atom stereocenters. The molecule has 3 aliphatic rings. The summed E-state index contributed by atoms with van der Waals surface area (Å²) in [5.74, 6) is -2.88. The fourth-order valence-corrected chi connectivity index (χ4v) is 7.40. The SMILES string of the molecule is C=CCCOC(=O)[C@H]1[C@H]2C(=O)N([C@@H](CO)CC(C)C)C(C(=O)N(CC=C)c3c(C)cccc3Cl)C23CC[C@]1(C)O3. The van der Waals surface area contributed by atoms with Gasteiger partial charge in [-0.05, 0) is 57.1 Å². The second-order valence-electron chi connectivity index (χ2n) is 11.8. The van der Waals surface area contributed by atoms with Crippen LogP contribution in [0.25, 0.3) is 0 Å². The van der Waals surface area contributed by atoms with Crippen LogP contribution in [0.3, 0.4) is 0 Å². The molecule has 3 aliphatic heterocycles. The molecule has 9 heteroatoms. The van der Waals surface area contributed by atoms with E-state index in [9.17, 15) is 19.5 Å². The highest BCUT2D eigenvalue weighted by Gasteiger charge is 2.79. The second-order valence-corrected chi connectivity index (χ2v) is 12.2. The van der Waals surface area contributed by atoms with E-state index in [2.05, 4.69) is 13.2 Å². The molecule has 0 aliphatic carbocycles. The zero-order chi connectivity index (χ0) is 29.4. The van der Waals surface area contributed by atoms with Crippen molar-refractivity contribution in [3.05, 3.63) is 54.1 Å². The number of ether oxygens (including phenoxy) is 2. The maximum atomic E-state index is 14.8. The van der Waals surface area contributed by atoms with Crippen molar-refractivity contribution in [2.75, 3.05) is 24.7 Å². The van der Waals surface area contributed by atoms with Gasteiger partial charge in [-0.3, -0.25) is 14.4 Å². The molecule has 3 heterocycles. The Labute approximate surface area is 241 Å². The van der Waals surface area contributed by atoms with E-state index < -0.39 is 41.1 Å². The number of carbonyl (C=O) groups is 3. The summed E-state index contributed by atoms with van der Waals surface area (Å²) in [6.45, 7) is 15.2. The maximum absolute atomic E-state index is 14.8. The third kappa shape index (κ3) is 4.88. The van der Waals surface area contributed by atoms with Gasteiger partial charge in [-0.1, -0.05) is 49.7 Å². The van der Waals surface area contributed by atoms with E-state index in [4.69, 9.17) is 21.1 Å². The number of anilines is 1. The smallest absolute Gasteiger partial charge is 0.312 e. The Hall–Kier alpha value is -2.68. The number of hydrogen-bond donors (Lipinski definition) is 1. The van der Waals surface area contributed by atoms with Crippen molar-refractivity contribution in [2.45, 2.75) is 76.7 Å². The van der Waals surface area contributed by atoms with Crippen LogP contribution in [0.4, 0.5) is 5.69 Å². The lowest BCUT2D eigenvalue weighted by atomic mass is 9.66. The Kier molecular flexibility index (Phi) is 8.83. The monoisotopic (exact) mass is 572 g/mol. The zero-order valence-corrected chi connectivity index (χ0v) is 24.7. The van der Waals surface area contributed by atoms with Gasteiger partial charge in [-0.2, -0.15) is 0 Å². The number of fused-ring (bicyclic) bond motifs is 1. The van der Waals surface area contributed by atoms with Gasteiger partial charge in [-0.15, -0.1) is 13.2 Å². The number of carbonyl (C=O) groups excluding carboxylic acids is 3. The first-order valence-corrected chi connectivity index (χ1v) is 14.4. The fourth-order valence-electron chi connectivity index (χ4n) is 7.08. The molecule has 1 aromatic carbocycles. The van der Waals surface area contributed by atoms with E-state index in [1.165, 1.54) is 4.90 Å². The topological polar surface area (TPSA) is 96.4 Å². The van der Waals surface area contributed by atoms with E-state index in [1.807, 2.05) is 39.8 Å². The molecule has 2 amide bonds. The molecule has 1 aromatic rings.